The van der Waals surface area contributed by atoms with E-state index in [1.807, 2.05) is 6.07 Å². The van der Waals surface area contributed by atoms with Crippen molar-refractivity contribution in [3.05, 3.63) is 40.9 Å². The van der Waals surface area contributed by atoms with E-state index in [0.29, 0.717) is 6.54 Å². The Morgan fingerprint density at radius 1 is 1.32 bits per heavy atom. The molecule has 3 rings (SSSR count). The van der Waals surface area contributed by atoms with Gasteiger partial charge in [-0.2, -0.15) is 0 Å². The predicted octanol–water partition coefficient (Wildman–Crippen LogP) is 1.45. The molecule has 1 aromatic carbocycles. The van der Waals surface area contributed by atoms with Gasteiger partial charge in [-0.1, -0.05) is 17.7 Å². The van der Waals surface area contributed by atoms with Gasteiger partial charge in [0.25, 0.3) is 0 Å². The summed E-state index contributed by atoms with van der Waals surface area (Å²) in [7, 11) is 0. The van der Waals surface area contributed by atoms with Crippen LogP contribution >= 0.6 is 11.6 Å². The van der Waals surface area contributed by atoms with Gasteiger partial charge < -0.3 is 15.2 Å². The lowest BCUT2D eigenvalue weighted by Crippen LogP contribution is -2.33. The summed E-state index contributed by atoms with van der Waals surface area (Å²) in [6.07, 6.45) is 2.63. The number of rotatable bonds is 3. The smallest absolute Gasteiger partial charge is 0.152 e. The quantitative estimate of drug-likeness (QED) is 0.923. The Bertz CT molecular complexity index is 580. The first-order chi connectivity index (χ1) is 9.28. The van der Waals surface area contributed by atoms with Gasteiger partial charge in [0.2, 0.25) is 0 Å². The van der Waals surface area contributed by atoms with Crippen molar-refractivity contribution in [3.63, 3.8) is 0 Å². The van der Waals surface area contributed by atoms with E-state index in [2.05, 4.69) is 31.8 Å². The number of nitrogens with two attached hydrogens (primary N) is 1. The maximum atomic E-state index is 6.37. The standard InChI is InChI=1S/C13H16ClN5/c14-11-7-10(3-4-15)1-2-12(11)18-5-6-19-9-16-17-13(19)8-18/h1-2,7,9H,3-6,8,15H2. The average Bonchev–Trinajstić information content (AvgIpc) is 2.86. The van der Waals surface area contributed by atoms with Crippen molar-refractivity contribution in [1.29, 1.82) is 0 Å². The third kappa shape index (κ3) is 2.43. The Labute approximate surface area is 117 Å². The number of nitrogens with zero attached hydrogens (tertiary/aromatic N) is 4. The lowest BCUT2D eigenvalue weighted by molar-refractivity contribution is 0.560. The molecular formula is C13H16ClN5. The van der Waals surface area contributed by atoms with Crippen LogP contribution in [0.2, 0.25) is 5.02 Å². The van der Waals surface area contributed by atoms with Crippen molar-refractivity contribution in [2.24, 2.45) is 5.73 Å². The van der Waals surface area contributed by atoms with Crippen LogP contribution in [0.5, 0.6) is 0 Å². The van der Waals surface area contributed by atoms with Crippen molar-refractivity contribution in [1.82, 2.24) is 14.8 Å². The van der Waals surface area contributed by atoms with E-state index >= 15 is 0 Å². The lowest BCUT2D eigenvalue weighted by Gasteiger charge is -2.29. The fourth-order valence-electron chi connectivity index (χ4n) is 2.40. The SMILES string of the molecule is NCCc1ccc(N2CCn3cnnc3C2)c(Cl)c1. The second-order valence-electron chi connectivity index (χ2n) is 4.69. The van der Waals surface area contributed by atoms with Crippen molar-refractivity contribution in [2.75, 3.05) is 18.0 Å². The van der Waals surface area contributed by atoms with Crippen molar-refractivity contribution >= 4 is 17.3 Å². The summed E-state index contributed by atoms with van der Waals surface area (Å²) in [5.74, 6) is 0.980. The maximum Gasteiger partial charge on any atom is 0.152 e. The summed E-state index contributed by atoms with van der Waals surface area (Å²) < 4.78 is 2.08. The van der Waals surface area contributed by atoms with E-state index in [1.54, 1.807) is 6.33 Å². The molecule has 100 valence electrons. The minimum absolute atomic E-state index is 0.641. The van der Waals surface area contributed by atoms with Crippen molar-refractivity contribution in [3.8, 4) is 0 Å². The van der Waals surface area contributed by atoms with Crippen LogP contribution in [0.15, 0.2) is 24.5 Å². The van der Waals surface area contributed by atoms with Crippen LogP contribution < -0.4 is 10.6 Å². The van der Waals surface area contributed by atoms with Gasteiger partial charge in [0.15, 0.2) is 5.82 Å². The molecule has 2 aromatic rings. The molecular weight excluding hydrogens is 262 g/mol. The minimum Gasteiger partial charge on any atom is -0.361 e. The summed E-state index contributed by atoms with van der Waals surface area (Å²) >= 11 is 6.37. The molecule has 19 heavy (non-hydrogen) atoms. The molecule has 0 atom stereocenters. The Hall–Kier alpha value is -1.59. The molecule has 1 aliphatic heterocycles. The summed E-state index contributed by atoms with van der Waals surface area (Å²) in [6.45, 7) is 3.20. The highest BCUT2D eigenvalue weighted by molar-refractivity contribution is 6.33. The average molecular weight is 278 g/mol. The first-order valence-corrected chi connectivity index (χ1v) is 6.76. The molecule has 2 heterocycles. The molecule has 0 amide bonds. The van der Waals surface area contributed by atoms with Gasteiger partial charge >= 0.3 is 0 Å². The lowest BCUT2D eigenvalue weighted by atomic mass is 10.1. The summed E-state index contributed by atoms with van der Waals surface area (Å²) in [4.78, 5) is 2.23. The Balaban J connectivity index is 1.83. The first kappa shape index (κ1) is 12.4. The number of anilines is 1. The molecule has 1 aromatic heterocycles. The highest BCUT2D eigenvalue weighted by atomic mass is 35.5. The fraction of sp³-hybridized carbons (Fsp3) is 0.385. The molecule has 0 saturated carbocycles. The van der Waals surface area contributed by atoms with E-state index < -0.39 is 0 Å². The summed E-state index contributed by atoms with van der Waals surface area (Å²) in [5, 5.41) is 8.83. The molecule has 0 spiro atoms. The molecule has 2 N–H and O–H groups in total. The van der Waals surface area contributed by atoms with Crippen LogP contribution in [0.3, 0.4) is 0 Å². The van der Waals surface area contributed by atoms with Gasteiger partial charge in [-0.3, -0.25) is 0 Å². The Morgan fingerprint density at radius 3 is 3.00 bits per heavy atom. The van der Waals surface area contributed by atoms with E-state index in [9.17, 15) is 0 Å². The van der Waals surface area contributed by atoms with Crippen LogP contribution in [0.25, 0.3) is 0 Å². The number of halogens is 1. The Kier molecular flexibility index (Phi) is 3.40. The number of fused-ring (bicyclic) bond motifs is 1. The number of benzene rings is 1. The van der Waals surface area contributed by atoms with Crippen LogP contribution in [0.4, 0.5) is 5.69 Å². The van der Waals surface area contributed by atoms with E-state index in [-0.39, 0.29) is 0 Å². The van der Waals surface area contributed by atoms with Crippen LogP contribution in [-0.2, 0) is 19.5 Å². The molecule has 0 aliphatic carbocycles. The van der Waals surface area contributed by atoms with Gasteiger partial charge in [0.1, 0.15) is 6.33 Å². The first-order valence-electron chi connectivity index (χ1n) is 6.38. The molecule has 0 fully saturated rings. The summed E-state index contributed by atoms with van der Waals surface area (Å²) in [6, 6.07) is 6.16. The minimum atomic E-state index is 0.641. The van der Waals surface area contributed by atoms with Crippen molar-refractivity contribution in [2.45, 2.75) is 19.5 Å². The topological polar surface area (TPSA) is 60.0 Å². The number of hydrogen-bond acceptors (Lipinski definition) is 4. The molecule has 6 heteroatoms. The Morgan fingerprint density at radius 2 is 2.21 bits per heavy atom. The fourth-order valence-corrected chi connectivity index (χ4v) is 2.72. The highest BCUT2D eigenvalue weighted by Gasteiger charge is 2.19. The highest BCUT2D eigenvalue weighted by Crippen LogP contribution is 2.29. The zero-order chi connectivity index (χ0) is 13.2. The number of aromatic nitrogens is 3. The van der Waals surface area contributed by atoms with E-state index in [0.717, 1.165) is 42.6 Å². The number of hydrogen-bond donors (Lipinski definition) is 1. The predicted molar refractivity (Wildman–Crippen MR) is 75.3 cm³/mol. The van der Waals surface area contributed by atoms with Crippen molar-refractivity contribution < 1.29 is 0 Å². The molecule has 0 radical (unpaired) electrons. The van der Waals surface area contributed by atoms with Crippen LogP contribution in [0, 0.1) is 0 Å². The molecule has 1 aliphatic rings. The zero-order valence-electron chi connectivity index (χ0n) is 10.6. The summed E-state index contributed by atoms with van der Waals surface area (Å²) in [5.41, 5.74) is 7.79. The van der Waals surface area contributed by atoms with Gasteiger partial charge in [-0.15, -0.1) is 10.2 Å². The zero-order valence-corrected chi connectivity index (χ0v) is 11.3. The second-order valence-corrected chi connectivity index (χ2v) is 5.09. The monoisotopic (exact) mass is 277 g/mol. The second kappa shape index (κ2) is 5.19. The van der Waals surface area contributed by atoms with Gasteiger partial charge in [0.05, 0.1) is 17.3 Å². The van der Waals surface area contributed by atoms with E-state index in [4.69, 9.17) is 17.3 Å². The van der Waals surface area contributed by atoms with Gasteiger partial charge in [-0.25, -0.2) is 0 Å². The third-order valence-electron chi connectivity index (χ3n) is 3.42. The molecule has 0 saturated heterocycles. The molecule has 0 bridgehead atoms. The van der Waals surface area contributed by atoms with Gasteiger partial charge in [0, 0.05) is 13.1 Å². The normalized spacial score (nSPS) is 14.5. The molecule has 5 nitrogen and oxygen atoms in total. The maximum absolute atomic E-state index is 6.37. The largest absolute Gasteiger partial charge is 0.361 e. The third-order valence-corrected chi connectivity index (χ3v) is 3.73. The van der Waals surface area contributed by atoms with Gasteiger partial charge in [-0.05, 0) is 30.7 Å². The van der Waals surface area contributed by atoms with E-state index in [1.165, 1.54) is 5.56 Å². The van der Waals surface area contributed by atoms with Crippen LogP contribution in [0.1, 0.15) is 11.4 Å². The molecule has 0 unspecified atom stereocenters. The van der Waals surface area contributed by atoms with Crippen LogP contribution in [-0.4, -0.2) is 27.9 Å².